The molecule has 2 aromatic heterocycles. The van der Waals surface area contributed by atoms with Gasteiger partial charge in [-0.25, -0.2) is 14.2 Å². The van der Waals surface area contributed by atoms with E-state index in [0.29, 0.717) is 18.7 Å². The van der Waals surface area contributed by atoms with Crippen molar-refractivity contribution in [3.63, 3.8) is 0 Å². The second kappa shape index (κ2) is 9.46. The number of pyridine rings is 1. The molecule has 1 fully saturated rings. The van der Waals surface area contributed by atoms with Gasteiger partial charge >= 0.3 is 5.97 Å². The average Bonchev–Trinajstić information content (AvgIpc) is 3.25. The van der Waals surface area contributed by atoms with Crippen LogP contribution in [0.1, 0.15) is 46.3 Å². The lowest BCUT2D eigenvalue weighted by molar-refractivity contribution is 0.0614. The van der Waals surface area contributed by atoms with E-state index in [1.807, 2.05) is 6.92 Å². The molecule has 3 aromatic rings. The highest BCUT2D eigenvalue weighted by molar-refractivity contribution is 6.00. The zero-order valence-corrected chi connectivity index (χ0v) is 18.9. The first-order chi connectivity index (χ1) is 16.3. The summed E-state index contributed by atoms with van der Waals surface area (Å²) in [6, 6.07) is 5.24. The number of carbonyl (C=O) groups excluding carboxylic acids is 1. The topological polar surface area (TPSA) is 131 Å². The number of carbonyl (C=O) groups is 2. The van der Waals surface area contributed by atoms with Crippen molar-refractivity contribution in [2.45, 2.75) is 38.8 Å². The van der Waals surface area contributed by atoms with E-state index in [1.165, 1.54) is 31.5 Å². The molecule has 34 heavy (non-hydrogen) atoms. The zero-order valence-electron chi connectivity index (χ0n) is 18.9. The van der Waals surface area contributed by atoms with Crippen molar-refractivity contribution >= 4 is 17.7 Å². The highest BCUT2D eigenvalue weighted by Crippen LogP contribution is 2.30. The number of piperidine rings is 1. The summed E-state index contributed by atoms with van der Waals surface area (Å²) < 4.78 is 25.2. The van der Waals surface area contributed by atoms with E-state index in [-0.39, 0.29) is 52.8 Å². The quantitative estimate of drug-likeness (QED) is 0.558. The Morgan fingerprint density at radius 2 is 2.06 bits per heavy atom. The van der Waals surface area contributed by atoms with Crippen molar-refractivity contribution in [3.8, 4) is 17.2 Å². The summed E-state index contributed by atoms with van der Waals surface area (Å²) in [7, 11) is 1.38. The third kappa shape index (κ3) is 4.41. The van der Waals surface area contributed by atoms with Crippen LogP contribution >= 0.6 is 0 Å². The second-order valence-electron chi connectivity index (χ2n) is 8.08. The van der Waals surface area contributed by atoms with E-state index in [4.69, 9.17) is 9.26 Å². The lowest BCUT2D eigenvalue weighted by atomic mass is 9.96. The van der Waals surface area contributed by atoms with Gasteiger partial charge in [-0.05, 0) is 44.9 Å². The number of hydrogen-bond acceptors (Lipinski definition) is 8. The molecule has 1 aliphatic rings. The number of aromatic nitrogens is 3. The summed E-state index contributed by atoms with van der Waals surface area (Å²) in [6.45, 7) is 3.74. The molecule has 11 heteroatoms. The first kappa shape index (κ1) is 23.1. The number of likely N-dealkylation sites (tertiary alicyclic amines) is 1. The minimum Gasteiger partial charge on any atom is -0.496 e. The number of benzene rings is 1. The monoisotopic (exact) mass is 469 g/mol. The maximum Gasteiger partial charge on any atom is 0.343 e. The predicted molar refractivity (Wildman–Crippen MR) is 119 cm³/mol. The van der Waals surface area contributed by atoms with Gasteiger partial charge in [0.1, 0.15) is 22.9 Å². The fourth-order valence-corrected chi connectivity index (χ4v) is 4.10. The lowest BCUT2D eigenvalue weighted by Gasteiger charge is -2.39. The fraction of sp³-hybridized carbons (Fsp3) is 0.348. The van der Waals surface area contributed by atoms with Gasteiger partial charge < -0.3 is 24.6 Å². The Balaban J connectivity index is 1.62. The number of methoxy groups -OCH3 is 1. The number of amides is 1. The largest absolute Gasteiger partial charge is 0.496 e. The van der Waals surface area contributed by atoms with Crippen LogP contribution in [-0.4, -0.2) is 62.7 Å². The maximum atomic E-state index is 14.9. The summed E-state index contributed by atoms with van der Waals surface area (Å²) in [4.78, 5) is 35.2. The number of rotatable bonds is 6. The molecule has 1 saturated heterocycles. The van der Waals surface area contributed by atoms with Crippen molar-refractivity contribution in [2.24, 2.45) is 0 Å². The minimum absolute atomic E-state index is 0.0615. The zero-order chi connectivity index (χ0) is 24.4. The van der Waals surface area contributed by atoms with Crippen LogP contribution in [0.25, 0.3) is 11.5 Å². The Morgan fingerprint density at radius 1 is 1.26 bits per heavy atom. The molecular formula is C23H24FN5O5. The number of carboxylic acid groups (broad SMARTS) is 1. The second-order valence-corrected chi connectivity index (χ2v) is 8.08. The summed E-state index contributed by atoms with van der Waals surface area (Å²) in [5.74, 6) is -1.64. The number of nitrogens with one attached hydrogen (secondary N) is 1. The van der Waals surface area contributed by atoms with Gasteiger partial charge in [-0.3, -0.25) is 4.79 Å². The Morgan fingerprint density at radius 3 is 2.74 bits per heavy atom. The van der Waals surface area contributed by atoms with E-state index in [0.717, 1.165) is 0 Å². The van der Waals surface area contributed by atoms with Gasteiger partial charge in [0.25, 0.3) is 11.8 Å². The number of nitrogens with zero attached hydrogens (tertiary/aromatic N) is 4. The molecule has 0 radical (unpaired) electrons. The minimum atomic E-state index is -1.18. The van der Waals surface area contributed by atoms with Crippen LogP contribution in [0.3, 0.4) is 0 Å². The van der Waals surface area contributed by atoms with E-state index in [1.54, 1.807) is 17.9 Å². The molecule has 0 unspecified atom stereocenters. The van der Waals surface area contributed by atoms with Crippen molar-refractivity contribution in [3.05, 3.63) is 53.2 Å². The van der Waals surface area contributed by atoms with Crippen LogP contribution < -0.4 is 10.1 Å². The Labute approximate surface area is 194 Å². The summed E-state index contributed by atoms with van der Waals surface area (Å²) >= 11 is 0. The Hall–Kier alpha value is -4.02. The molecule has 1 aromatic carbocycles. The smallest absolute Gasteiger partial charge is 0.343 e. The SMILES string of the molecule is COc1ccnc(N[C@@H]2CC[C@@H](C)N(C(=O)c3c(F)cccc3-c3nc(C)no3)C2)c1C(=O)O. The van der Waals surface area contributed by atoms with E-state index < -0.39 is 17.7 Å². The summed E-state index contributed by atoms with van der Waals surface area (Å²) in [5, 5.41) is 16.5. The molecule has 1 amide bonds. The van der Waals surface area contributed by atoms with Gasteiger partial charge in [0, 0.05) is 24.8 Å². The van der Waals surface area contributed by atoms with Gasteiger partial charge in [-0.15, -0.1) is 0 Å². The molecule has 178 valence electrons. The van der Waals surface area contributed by atoms with Crippen LogP contribution in [0, 0.1) is 12.7 Å². The predicted octanol–water partition coefficient (Wildman–Crippen LogP) is 3.39. The van der Waals surface area contributed by atoms with E-state index in [2.05, 4.69) is 20.4 Å². The molecular weight excluding hydrogens is 445 g/mol. The summed E-state index contributed by atoms with van der Waals surface area (Å²) in [6.07, 6.45) is 2.73. The first-order valence-corrected chi connectivity index (χ1v) is 10.7. The van der Waals surface area contributed by atoms with Gasteiger partial charge in [-0.2, -0.15) is 4.98 Å². The summed E-state index contributed by atoms with van der Waals surface area (Å²) in [5.41, 5.74) is -0.0236. The van der Waals surface area contributed by atoms with Crippen molar-refractivity contribution in [1.82, 2.24) is 20.0 Å². The third-order valence-corrected chi connectivity index (χ3v) is 5.82. The number of aromatic carboxylic acids is 1. The van der Waals surface area contributed by atoms with Crippen LogP contribution in [0.15, 0.2) is 35.0 Å². The van der Waals surface area contributed by atoms with Gasteiger partial charge in [0.05, 0.1) is 18.2 Å². The number of aryl methyl sites for hydroxylation is 1. The van der Waals surface area contributed by atoms with Crippen molar-refractivity contribution < 1.29 is 28.3 Å². The number of ether oxygens (including phenoxy) is 1. The standard InChI is InChI=1S/C23H24FN5O5/c1-12-7-8-14(27-20-19(23(31)32)17(33-3)9-10-25-20)11-29(12)22(30)18-15(5-4-6-16(18)24)21-26-13(2)28-34-21/h4-6,9-10,12,14H,7-8,11H2,1-3H3,(H,25,27)(H,31,32)/t12-,14-/m1/s1. The number of carboxylic acids is 1. The average molecular weight is 469 g/mol. The molecule has 0 aliphatic carbocycles. The molecule has 10 nitrogen and oxygen atoms in total. The van der Waals surface area contributed by atoms with Crippen molar-refractivity contribution in [1.29, 1.82) is 0 Å². The molecule has 0 spiro atoms. The van der Waals surface area contributed by atoms with Crippen LogP contribution in [-0.2, 0) is 0 Å². The normalized spacial score (nSPS) is 17.9. The molecule has 2 atom stereocenters. The first-order valence-electron chi connectivity index (χ1n) is 10.7. The lowest BCUT2D eigenvalue weighted by Crippen LogP contribution is -2.50. The van der Waals surface area contributed by atoms with Crippen molar-refractivity contribution in [2.75, 3.05) is 19.0 Å². The van der Waals surface area contributed by atoms with Gasteiger partial charge in [-0.1, -0.05) is 11.2 Å². The van der Waals surface area contributed by atoms with Gasteiger partial charge in [0.2, 0.25) is 0 Å². The number of halogens is 1. The van der Waals surface area contributed by atoms with Gasteiger partial charge in [0.15, 0.2) is 5.82 Å². The Kier molecular flexibility index (Phi) is 6.44. The number of hydrogen-bond donors (Lipinski definition) is 2. The fourth-order valence-electron chi connectivity index (χ4n) is 4.10. The highest BCUT2D eigenvalue weighted by Gasteiger charge is 2.34. The van der Waals surface area contributed by atoms with E-state index in [9.17, 15) is 19.1 Å². The highest BCUT2D eigenvalue weighted by atomic mass is 19.1. The molecule has 4 rings (SSSR count). The molecule has 2 N–H and O–H groups in total. The molecule has 0 bridgehead atoms. The molecule has 3 heterocycles. The van der Waals surface area contributed by atoms with Crippen LogP contribution in [0.5, 0.6) is 5.75 Å². The number of anilines is 1. The maximum absolute atomic E-state index is 14.9. The van der Waals surface area contributed by atoms with E-state index >= 15 is 0 Å². The Bertz CT molecular complexity index is 1230. The van der Waals surface area contributed by atoms with Crippen LogP contribution in [0.2, 0.25) is 0 Å². The van der Waals surface area contributed by atoms with Crippen LogP contribution in [0.4, 0.5) is 10.2 Å². The molecule has 0 saturated carbocycles. The third-order valence-electron chi connectivity index (χ3n) is 5.82. The molecule has 1 aliphatic heterocycles.